The van der Waals surface area contributed by atoms with Crippen molar-refractivity contribution in [2.24, 2.45) is 0 Å². The summed E-state index contributed by atoms with van der Waals surface area (Å²) in [6.07, 6.45) is 0. The molecule has 2 rings (SSSR count). The molecule has 2 saturated heterocycles. The lowest BCUT2D eigenvalue weighted by atomic mass is 10.5. The Labute approximate surface area is 110 Å². The summed E-state index contributed by atoms with van der Waals surface area (Å²) >= 11 is -2.86. The molecular formula is C8H20ClN2O5S-. The molecule has 1 unspecified atom stereocenters. The van der Waals surface area contributed by atoms with Crippen molar-refractivity contribution in [3.63, 3.8) is 0 Å². The first kappa shape index (κ1) is 19.5. The summed E-state index contributed by atoms with van der Waals surface area (Å²) in [6, 6.07) is 0. The molecule has 0 spiro atoms. The number of halogens is 1. The van der Waals surface area contributed by atoms with Gasteiger partial charge in [0.05, 0.1) is 37.8 Å². The van der Waals surface area contributed by atoms with Gasteiger partial charge in [-0.25, -0.2) is 4.21 Å². The van der Waals surface area contributed by atoms with E-state index in [1.54, 1.807) is 0 Å². The van der Waals surface area contributed by atoms with E-state index in [4.69, 9.17) is 22.8 Å². The van der Waals surface area contributed by atoms with Crippen molar-refractivity contribution in [2.75, 3.05) is 52.6 Å². The first-order valence-electron chi connectivity index (χ1n) is 5.08. The Morgan fingerprint density at radius 2 is 1.18 bits per heavy atom. The van der Waals surface area contributed by atoms with Crippen LogP contribution >= 0.6 is 12.4 Å². The van der Waals surface area contributed by atoms with Gasteiger partial charge in [-0.1, -0.05) is 0 Å². The van der Waals surface area contributed by atoms with E-state index in [1.807, 2.05) is 0 Å². The average Bonchev–Trinajstić information content (AvgIpc) is 2.34. The number of nitrogens with one attached hydrogen (secondary N) is 2. The third-order valence-electron chi connectivity index (χ3n) is 1.69. The summed E-state index contributed by atoms with van der Waals surface area (Å²) in [4.78, 5) is 0. The van der Waals surface area contributed by atoms with Gasteiger partial charge in [0.1, 0.15) is 0 Å². The van der Waals surface area contributed by atoms with Crippen molar-refractivity contribution in [3.05, 3.63) is 0 Å². The van der Waals surface area contributed by atoms with E-state index in [1.165, 1.54) is 0 Å². The minimum absolute atomic E-state index is 0. The molecule has 2 heterocycles. The van der Waals surface area contributed by atoms with Crippen LogP contribution in [-0.2, 0) is 20.8 Å². The molecule has 0 bridgehead atoms. The van der Waals surface area contributed by atoms with Gasteiger partial charge in [0.15, 0.2) is 0 Å². The topological polar surface area (TPSA) is 103 Å². The molecule has 1 atom stereocenters. The summed E-state index contributed by atoms with van der Waals surface area (Å²) < 4.78 is 34.1. The SMILES string of the molecule is C1COCCN1.C1COCCN1.Cl.O=S([O-])O. The lowest BCUT2D eigenvalue weighted by Gasteiger charge is -2.10. The highest BCUT2D eigenvalue weighted by atomic mass is 35.5. The standard InChI is InChI=1S/2C4H9NO.ClH.H2O3S/c2*1-3-6-4-2-5-1;;1-4(2)3/h2*5H,1-4H2;1H;(H2,1,2,3)/p-1. The van der Waals surface area contributed by atoms with Crippen LogP contribution in [0.4, 0.5) is 0 Å². The first-order chi connectivity index (χ1) is 7.73. The highest BCUT2D eigenvalue weighted by Crippen LogP contribution is 1.77. The van der Waals surface area contributed by atoms with E-state index >= 15 is 0 Å². The number of hydrogen-bond acceptors (Lipinski definition) is 6. The first-order valence-corrected chi connectivity index (χ1v) is 6.12. The zero-order valence-corrected chi connectivity index (χ0v) is 11.2. The molecule has 0 aromatic heterocycles. The highest BCUT2D eigenvalue weighted by Gasteiger charge is 1.93. The lowest BCUT2D eigenvalue weighted by molar-refractivity contribution is 0.109. The number of morpholine rings is 2. The molecule has 9 heteroatoms. The van der Waals surface area contributed by atoms with Crippen LogP contribution in [0, 0.1) is 0 Å². The number of hydrogen-bond donors (Lipinski definition) is 3. The van der Waals surface area contributed by atoms with Gasteiger partial charge < -0.3 is 29.2 Å². The molecule has 0 amide bonds. The fourth-order valence-electron chi connectivity index (χ4n) is 1.03. The van der Waals surface area contributed by atoms with Gasteiger partial charge in [-0.3, -0.25) is 0 Å². The van der Waals surface area contributed by atoms with Gasteiger partial charge in [0.25, 0.3) is 0 Å². The normalized spacial score (nSPS) is 20.6. The van der Waals surface area contributed by atoms with Crippen LogP contribution in [-0.4, -0.2) is 65.9 Å². The maximum atomic E-state index is 8.56. The molecule has 106 valence electrons. The average molecular weight is 292 g/mol. The maximum Gasteiger partial charge on any atom is 0.0814 e. The molecule has 0 aromatic rings. The smallest absolute Gasteiger partial charge is 0.0814 e. The summed E-state index contributed by atoms with van der Waals surface area (Å²) in [7, 11) is 0. The molecule has 3 N–H and O–H groups in total. The third kappa shape index (κ3) is 21.9. The van der Waals surface area contributed by atoms with E-state index in [9.17, 15) is 0 Å². The van der Waals surface area contributed by atoms with Crippen LogP contribution in [0.5, 0.6) is 0 Å². The molecule has 7 nitrogen and oxygen atoms in total. The quantitative estimate of drug-likeness (QED) is 0.491. The van der Waals surface area contributed by atoms with Gasteiger partial charge in [-0.15, -0.1) is 12.4 Å². The summed E-state index contributed by atoms with van der Waals surface area (Å²) in [5.41, 5.74) is 0. The lowest BCUT2D eigenvalue weighted by Crippen LogP contribution is -2.30. The Kier molecular flexibility index (Phi) is 18.6. The van der Waals surface area contributed by atoms with Gasteiger partial charge >= 0.3 is 0 Å². The van der Waals surface area contributed by atoms with Crippen molar-refractivity contribution in [3.8, 4) is 0 Å². The van der Waals surface area contributed by atoms with Crippen molar-refractivity contribution in [1.82, 2.24) is 10.6 Å². The Morgan fingerprint density at radius 3 is 1.24 bits per heavy atom. The molecule has 0 saturated carbocycles. The highest BCUT2D eigenvalue weighted by molar-refractivity contribution is 7.73. The van der Waals surface area contributed by atoms with Gasteiger partial charge in [-0.2, -0.15) is 0 Å². The summed E-state index contributed by atoms with van der Waals surface area (Å²) in [5.74, 6) is 0. The number of rotatable bonds is 0. The second-order valence-corrected chi connectivity index (χ2v) is 3.38. The molecule has 0 aromatic carbocycles. The fraction of sp³-hybridized carbons (Fsp3) is 1.00. The molecule has 2 aliphatic heterocycles. The molecule has 2 fully saturated rings. The van der Waals surface area contributed by atoms with E-state index < -0.39 is 11.4 Å². The second-order valence-electron chi connectivity index (χ2n) is 2.94. The predicted molar refractivity (Wildman–Crippen MR) is 66.2 cm³/mol. The molecule has 0 radical (unpaired) electrons. The molecule has 0 aliphatic carbocycles. The van der Waals surface area contributed by atoms with Crippen LogP contribution in [0.1, 0.15) is 0 Å². The second kappa shape index (κ2) is 16.2. The Bertz CT molecular complexity index is 131. The van der Waals surface area contributed by atoms with E-state index in [-0.39, 0.29) is 12.4 Å². The van der Waals surface area contributed by atoms with Crippen molar-refractivity contribution < 1.29 is 22.8 Å². The van der Waals surface area contributed by atoms with Crippen LogP contribution < -0.4 is 10.6 Å². The fourth-order valence-corrected chi connectivity index (χ4v) is 1.03. The minimum atomic E-state index is -2.86. The van der Waals surface area contributed by atoms with Crippen LogP contribution in [0.2, 0.25) is 0 Å². The van der Waals surface area contributed by atoms with Crippen molar-refractivity contribution in [2.45, 2.75) is 0 Å². The van der Waals surface area contributed by atoms with Gasteiger partial charge in [0.2, 0.25) is 0 Å². The molecular weight excluding hydrogens is 272 g/mol. The minimum Gasteiger partial charge on any atom is -0.750 e. The third-order valence-corrected chi connectivity index (χ3v) is 1.69. The largest absolute Gasteiger partial charge is 0.750 e. The van der Waals surface area contributed by atoms with E-state index in [0.29, 0.717) is 0 Å². The molecule has 17 heavy (non-hydrogen) atoms. The van der Waals surface area contributed by atoms with Crippen molar-refractivity contribution in [1.29, 1.82) is 0 Å². The Balaban J connectivity index is 0. The van der Waals surface area contributed by atoms with Crippen LogP contribution in [0.25, 0.3) is 0 Å². The Morgan fingerprint density at radius 1 is 0.941 bits per heavy atom. The zero-order valence-electron chi connectivity index (χ0n) is 9.55. The summed E-state index contributed by atoms with van der Waals surface area (Å²) in [6.45, 7) is 7.67. The zero-order chi connectivity index (χ0) is 12.1. The van der Waals surface area contributed by atoms with Crippen molar-refractivity contribution >= 4 is 23.8 Å². The van der Waals surface area contributed by atoms with Crippen LogP contribution in [0.15, 0.2) is 0 Å². The van der Waals surface area contributed by atoms with E-state index in [0.717, 1.165) is 52.6 Å². The maximum absolute atomic E-state index is 8.56. The summed E-state index contributed by atoms with van der Waals surface area (Å²) in [5, 5.41) is 6.32. The Hall–Kier alpha value is 0.200. The van der Waals surface area contributed by atoms with Crippen LogP contribution in [0.3, 0.4) is 0 Å². The van der Waals surface area contributed by atoms with Gasteiger partial charge in [0, 0.05) is 26.2 Å². The molecule has 2 aliphatic rings. The monoisotopic (exact) mass is 291 g/mol. The van der Waals surface area contributed by atoms with E-state index in [2.05, 4.69) is 10.6 Å². The van der Waals surface area contributed by atoms with Gasteiger partial charge in [-0.05, 0) is 0 Å². The number of ether oxygens (including phenoxy) is 2. The predicted octanol–water partition coefficient (Wildman–Crippen LogP) is -1.03.